The van der Waals surface area contributed by atoms with Crippen molar-refractivity contribution < 1.29 is 50.2 Å². The molecule has 2 aliphatic rings. The van der Waals surface area contributed by atoms with Crippen LogP contribution >= 0.6 is 0 Å². The van der Waals surface area contributed by atoms with Crippen molar-refractivity contribution in [2.75, 3.05) is 19.6 Å². The topological polar surface area (TPSA) is 124 Å². The van der Waals surface area contributed by atoms with Gasteiger partial charge >= 0.3 is 18.3 Å². The first kappa shape index (κ1) is 30.6. The molecule has 2 N–H and O–H groups in total. The summed E-state index contributed by atoms with van der Waals surface area (Å²) in [7, 11) is 0. The quantitative estimate of drug-likeness (QED) is 0.535. The van der Waals surface area contributed by atoms with E-state index in [1.54, 1.807) is 4.90 Å². The number of piperazine rings is 1. The second-order valence-electron chi connectivity index (χ2n) is 9.15. The molecule has 16 heteroatoms. The minimum Gasteiger partial charge on any atom is -0.475 e. The number of aromatic amines is 1. The molecule has 0 radical (unpaired) electrons. The fourth-order valence-electron chi connectivity index (χ4n) is 4.44. The number of hydrogen-bond donors (Lipinski definition) is 2. The summed E-state index contributed by atoms with van der Waals surface area (Å²) in [6.07, 6.45) is -6.04. The van der Waals surface area contributed by atoms with Crippen molar-refractivity contribution in [3.8, 4) is 0 Å². The smallest absolute Gasteiger partial charge is 0.475 e. The highest BCUT2D eigenvalue weighted by Crippen LogP contribution is 2.27. The molecular weight excluding hydrogens is 557 g/mol. The predicted molar refractivity (Wildman–Crippen MR) is 123 cm³/mol. The molecule has 1 aliphatic carbocycles. The van der Waals surface area contributed by atoms with Crippen LogP contribution in [0.5, 0.6) is 0 Å². The molecule has 0 bridgehead atoms. The standard InChI is InChI=1S/C22H22F4N4O3.C2HF3O2/c23-18-6-5-13(9-14-11-17(22(24,25)26)20(32)28-27-14)10-16(18)21(33)29-7-8-30(19(31)12-29)15-3-1-2-4-15;3-2(4,5)1(6)7/h5-6,10-11,15H,1-4,7-9,12H2,(H,28,32);(H,6,7). The van der Waals surface area contributed by atoms with Gasteiger partial charge in [-0.15, -0.1) is 0 Å². The number of aliphatic carboxylic acids is 1. The summed E-state index contributed by atoms with van der Waals surface area (Å²) in [4.78, 5) is 48.9. The van der Waals surface area contributed by atoms with E-state index in [1.165, 1.54) is 17.0 Å². The van der Waals surface area contributed by atoms with E-state index < -0.39 is 41.2 Å². The van der Waals surface area contributed by atoms with E-state index in [0.717, 1.165) is 31.7 Å². The largest absolute Gasteiger partial charge is 0.490 e. The Bertz CT molecular complexity index is 1320. The fraction of sp³-hybridized carbons (Fsp3) is 0.458. The Balaban J connectivity index is 0.000000559. The van der Waals surface area contributed by atoms with Crippen LogP contribution in [0.1, 0.15) is 52.9 Å². The van der Waals surface area contributed by atoms with Crippen LogP contribution in [0, 0.1) is 5.82 Å². The van der Waals surface area contributed by atoms with Gasteiger partial charge in [-0.25, -0.2) is 14.3 Å². The lowest BCUT2D eigenvalue weighted by Gasteiger charge is -2.37. The summed E-state index contributed by atoms with van der Waals surface area (Å²) in [5.41, 5.74) is -2.77. The van der Waals surface area contributed by atoms with Crippen LogP contribution in [0.3, 0.4) is 0 Å². The first-order valence-corrected chi connectivity index (χ1v) is 11.9. The van der Waals surface area contributed by atoms with Crippen molar-refractivity contribution in [3.63, 3.8) is 0 Å². The number of nitrogens with one attached hydrogen (secondary N) is 1. The second-order valence-corrected chi connectivity index (χ2v) is 9.15. The molecule has 0 atom stereocenters. The maximum atomic E-state index is 14.5. The van der Waals surface area contributed by atoms with Crippen molar-refractivity contribution in [2.45, 2.75) is 50.5 Å². The lowest BCUT2D eigenvalue weighted by atomic mass is 10.0. The highest BCUT2D eigenvalue weighted by atomic mass is 19.4. The molecule has 218 valence electrons. The molecule has 1 saturated carbocycles. The number of carboxylic acids is 1. The molecule has 2 fully saturated rings. The minimum absolute atomic E-state index is 0.0905. The molecule has 9 nitrogen and oxygen atoms in total. The number of carbonyl (C=O) groups excluding carboxylic acids is 2. The fourth-order valence-corrected chi connectivity index (χ4v) is 4.44. The summed E-state index contributed by atoms with van der Waals surface area (Å²) in [5.74, 6) is -4.37. The molecule has 2 aromatic rings. The van der Waals surface area contributed by atoms with E-state index in [4.69, 9.17) is 9.90 Å². The molecule has 2 amide bonds. The van der Waals surface area contributed by atoms with Gasteiger partial charge in [-0.05, 0) is 36.6 Å². The zero-order valence-corrected chi connectivity index (χ0v) is 20.6. The van der Waals surface area contributed by atoms with E-state index in [2.05, 4.69) is 5.10 Å². The maximum Gasteiger partial charge on any atom is 0.490 e. The summed E-state index contributed by atoms with van der Waals surface area (Å²) < 4.78 is 85.1. The lowest BCUT2D eigenvalue weighted by molar-refractivity contribution is -0.192. The number of nitrogens with zero attached hydrogens (tertiary/aromatic N) is 3. The first-order valence-electron chi connectivity index (χ1n) is 11.9. The number of carboxylic acid groups (broad SMARTS) is 1. The summed E-state index contributed by atoms with van der Waals surface area (Å²) in [6, 6.07) is 4.45. The van der Waals surface area contributed by atoms with Gasteiger partial charge < -0.3 is 14.9 Å². The van der Waals surface area contributed by atoms with Gasteiger partial charge in [0.15, 0.2) is 0 Å². The number of benzene rings is 1. The summed E-state index contributed by atoms with van der Waals surface area (Å²) >= 11 is 0. The highest BCUT2D eigenvalue weighted by Gasteiger charge is 2.38. The number of H-pyrrole nitrogens is 1. The Labute approximate surface area is 221 Å². The Morgan fingerprint density at radius 2 is 1.65 bits per heavy atom. The molecule has 4 rings (SSSR count). The van der Waals surface area contributed by atoms with E-state index >= 15 is 0 Å². The minimum atomic E-state index is -5.08. The van der Waals surface area contributed by atoms with Crippen molar-refractivity contribution in [1.29, 1.82) is 0 Å². The number of carbonyl (C=O) groups is 3. The van der Waals surface area contributed by atoms with Crippen molar-refractivity contribution in [2.24, 2.45) is 0 Å². The third kappa shape index (κ3) is 7.57. The Morgan fingerprint density at radius 1 is 1.02 bits per heavy atom. The Morgan fingerprint density at radius 3 is 2.20 bits per heavy atom. The molecule has 40 heavy (non-hydrogen) atoms. The van der Waals surface area contributed by atoms with Crippen LogP contribution in [-0.4, -0.2) is 74.7 Å². The van der Waals surface area contributed by atoms with Crippen molar-refractivity contribution in [3.05, 3.63) is 62.8 Å². The molecule has 0 spiro atoms. The van der Waals surface area contributed by atoms with Crippen molar-refractivity contribution in [1.82, 2.24) is 20.0 Å². The third-order valence-corrected chi connectivity index (χ3v) is 6.36. The van der Waals surface area contributed by atoms with Crippen LogP contribution in [0.25, 0.3) is 0 Å². The SMILES string of the molecule is O=C(O)C(F)(F)F.O=C(c1cc(Cc2cc(C(F)(F)F)c(=O)[nH]n2)ccc1F)N1CCN(C2CCCC2)C(=O)C1. The van der Waals surface area contributed by atoms with Crippen LogP contribution in [0.4, 0.5) is 30.7 Å². The zero-order valence-electron chi connectivity index (χ0n) is 20.6. The third-order valence-electron chi connectivity index (χ3n) is 6.36. The monoisotopic (exact) mass is 580 g/mol. The van der Waals surface area contributed by atoms with E-state index in [-0.39, 0.29) is 42.7 Å². The van der Waals surface area contributed by atoms with Gasteiger partial charge in [-0.2, -0.15) is 31.4 Å². The summed E-state index contributed by atoms with van der Waals surface area (Å²) in [5, 5.41) is 12.5. The molecule has 1 saturated heterocycles. The molecular formula is C24H23F7N4O5. The molecule has 2 heterocycles. The van der Waals surface area contributed by atoms with Gasteiger partial charge in [-0.1, -0.05) is 18.9 Å². The lowest BCUT2D eigenvalue weighted by Crippen LogP contribution is -2.55. The molecule has 0 unspecified atom stereocenters. The van der Waals surface area contributed by atoms with Crippen LogP contribution in [0.15, 0.2) is 29.1 Å². The number of alkyl halides is 6. The molecule has 1 aromatic carbocycles. The Kier molecular flexibility index (Phi) is 9.20. The summed E-state index contributed by atoms with van der Waals surface area (Å²) in [6.45, 7) is 0.522. The second kappa shape index (κ2) is 12.0. The van der Waals surface area contributed by atoms with Gasteiger partial charge in [0.2, 0.25) is 5.91 Å². The highest BCUT2D eigenvalue weighted by molar-refractivity contribution is 5.97. The van der Waals surface area contributed by atoms with Gasteiger partial charge in [0.05, 0.1) is 11.3 Å². The van der Waals surface area contributed by atoms with Gasteiger partial charge in [0.1, 0.15) is 17.9 Å². The van der Waals surface area contributed by atoms with Crippen LogP contribution in [0.2, 0.25) is 0 Å². The van der Waals surface area contributed by atoms with E-state index in [0.29, 0.717) is 18.2 Å². The number of aromatic nitrogens is 2. The molecule has 1 aromatic heterocycles. The molecule has 1 aliphatic heterocycles. The average molecular weight is 580 g/mol. The van der Waals surface area contributed by atoms with Crippen molar-refractivity contribution >= 4 is 17.8 Å². The van der Waals surface area contributed by atoms with E-state index in [9.17, 15) is 45.1 Å². The van der Waals surface area contributed by atoms with Gasteiger partial charge in [-0.3, -0.25) is 14.4 Å². The maximum absolute atomic E-state index is 14.5. The average Bonchev–Trinajstić information content (AvgIpc) is 3.39. The Hall–Kier alpha value is -3.98. The first-order chi connectivity index (χ1) is 18.6. The van der Waals surface area contributed by atoms with Gasteiger partial charge in [0, 0.05) is 25.6 Å². The van der Waals surface area contributed by atoms with E-state index in [1.807, 2.05) is 5.10 Å². The number of halogens is 7. The van der Waals surface area contributed by atoms with Gasteiger partial charge in [0.25, 0.3) is 11.5 Å². The zero-order chi connectivity index (χ0) is 29.8. The number of amides is 2. The normalized spacial score (nSPS) is 16.5. The predicted octanol–water partition coefficient (Wildman–Crippen LogP) is 3.38. The van der Waals surface area contributed by atoms with Crippen LogP contribution < -0.4 is 5.56 Å². The van der Waals surface area contributed by atoms with Crippen LogP contribution in [-0.2, 0) is 22.2 Å². The number of hydrogen-bond acceptors (Lipinski definition) is 5. The number of rotatable bonds is 4.